The standard InChI is InChI=1S/C16H23N3O2/c1-4-19(3)16(21)11(2)18-15(20)13-9-12-7-5-6-8-14(12)17-10-13/h5-8,11,13,17H,4,9-10H2,1-3H3,(H,18,20). The first-order chi connectivity index (χ1) is 10.0. The summed E-state index contributed by atoms with van der Waals surface area (Å²) in [5.41, 5.74) is 2.24. The van der Waals surface area contributed by atoms with Crippen LogP contribution in [-0.4, -0.2) is 42.9 Å². The summed E-state index contributed by atoms with van der Waals surface area (Å²) in [6.45, 7) is 4.88. The zero-order chi connectivity index (χ0) is 15.4. The van der Waals surface area contributed by atoms with Crippen LogP contribution in [0.2, 0.25) is 0 Å². The van der Waals surface area contributed by atoms with E-state index in [1.165, 1.54) is 0 Å². The second kappa shape index (κ2) is 6.61. The molecule has 1 aromatic rings. The molecule has 1 aliphatic rings. The second-order valence-electron chi connectivity index (χ2n) is 5.52. The molecule has 2 rings (SSSR count). The van der Waals surface area contributed by atoms with E-state index in [-0.39, 0.29) is 17.7 Å². The van der Waals surface area contributed by atoms with Crippen LogP contribution in [0, 0.1) is 5.92 Å². The minimum atomic E-state index is -0.486. The molecule has 0 bridgehead atoms. The van der Waals surface area contributed by atoms with Crippen molar-refractivity contribution in [3.05, 3.63) is 29.8 Å². The summed E-state index contributed by atoms with van der Waals surface area (Å²) in [7, 11) is 1.74. The molecule has 0 radical (unpaired) electrons. The molecule has 0 spiro atoms. The van der Waals surface area contributed by atoms with E-state index in [0.29, 0.717) is 19.5 Å². The first kappa shape index (κ1) is 15.4. The largest absolute Gasteiger partial charge is 0.384 e. The number of hydrogen-bond donors (Lipinski definition) is 2. The van der Waals surface area contributed by atoms with E-state index in [0.717, 1.165) is 11.3 Å². The molecule has 5 heteroatoms. The maximum absolute atomic E-state index is 12.3. The Labute approximate surface area is 125 Å². The Hall–Kier alpha value is -2.04. The zero-order valence-corrected chi connectivity index (χ0v) is 12.8. The number of likely N-dealkylation sites (N-methyl/N-ethyl adjacent to an activating group) is 1. The molecule has 0 fully saturated rings. The van der Waals surface area contributed by atoms with E-state index in [2.05, 4.69) is 10.6 Å². The lowest BCUT2D eigenvalue weighted by Gasteiger charge is -2.27. The third-order valence-electron chi connectivity index (χ3n) is 3.97. The van der Waals surface area contributed by atoms with Crippen molar-refractivity contribution in [1.82, 2.24) is 10.2 Å². The van der Waals surface area contributed by atoms with Crippen molar-refractivity contribution in [2.24, 2.45) is 5.92 Å². The fraction of sp³-hybridized carbons (Fsp3) is 0.500. The maximum atomic E-state index is 12.3. The summed E-state index contributed by atoms with van der Waals surface area (Å²) < 4.78 is 0. The van der Waals surface area contributed by atoms with Crippen LogP contribution in [0.1, 0.15) is 19.4 Å². The van der Waals surface area contributed by atoms with E-state index in [1.54, 1.807) is 18.9 Å². The average Bonchev–Trinajstić information content (AvgIpc) is 2.52. The predicted molar refractivity (Wildman–Crippen MR) is 83.0 cm³/mol. The number of benzene rings is 1. The molecule has 0 saturated carbocycles. The summed E-state index contributed by atoms with van der Waals surface area (Å²) >= 11 is 0. The Kier molecular flexibility index (Phi) is 4.83. The van der Waals surface area contributed by atoms with Gasteiger partial charge >= 0.3 is 0 Å². The molecule has 2 N–H and O–H groups in total. The topological polar surface area (TPSA) is 61.4 Å². The summed E-state index contributed by atoms with van der Waals surface area (Å²) in [5, 5.41) is 6.10. The van der Waals surface area contributed by atoms with Crippen LogP contribution in [0.5, 0.6) is 0 Å². The minimum absolute atomic E-state index is 0.0602. The van der Waals surface area contributed by atoms with Crippen molar-refractivity contribution in [1.29, 1.82) is 0 Å². The van der Waals surface area contributed by atoms with E-state index in [4.69, 9.17) is 0 Å². The lowest BCUT2D eigenvalue weighted by molar-refractivity contribution is -0.135. The molecule has 5 nitrogen and oxygen atoms in total. The van der Waals surface area contributed by atoms with Gasteiger partial charge < -0.3 is 15.5 Å². The summed E-state index contributed by atoms with van der Waals surface area (Å²) in [6.07, 6.45) is 0.708. The predicted octanol–water partition coefficient (Wildman–Crippen LogP) is 1.25. The number of carbonyl (C=O) groups is 2. The Balaban J connectivity index is 1.95. The van der Waals surface area contributed by atoms with Gasteiger partial charge in [0.2, 0.25) is 11.8 Å². The Morgan fingerprint density at radius 1 is 1.43 bits per heavy atom. The summed E-state index contributed by atoms with van der Waals surface area (Å²) in [4.78, 5) is 25.9. The lowest BCUT2D eigenvalue weighted by atomic mass is 9.93. The molecule has 1 heterocycles. The van der Waals surface area contributed by atoms with Crippen LogP contribution in [0.3, 0.4) is 0 Å². The molecule has 0 aromatic heterocycles. The number of nitrogens with one attached hydrogen (secondary N) is 2. The molecule has 114 valence electrons. The van der Waals surface area contributed by atoms with E-state index < -0.39 is 6.04 Å². The van der Waals surface area contributed by atoms with Crippen molar-refractivity contribution in [2.45, 2.75) is 26.3 Å². The van der Waals surface area contributed by atoms with Gasteiger partial charge in [-0.1, -0.05) is 18.2 Å². The fourth-order valence-corrected chi connectivity index (χ4v) is 2.51. The van der Waals surface area contributed by atoms with Gasteiger partial charge in [0.05, 0.1) is 5.92 Å². The van der Waals surface area contributed by atoms with Crippen LogP contribution >= 0.6 is 0 Å². The molecule has 0 saturated heterocycles. The second-order valence-corrected chi connectivity index (χ2v) is 5.52. The minimum Gasteiger partial charge on any atom is -0.384 e. The number of para-hydroxylation sites is 1. The SMILES string of the molecule is CCN(C)C(=O)C(C)NC(=O)C1CNc2ccccc2C1. The van der Waals surface area contributed by atoms with Crippen molar-refractivity contribution in [2.75, 3.05) is 25.5 Å². The van der Waals surface area contributed by atoms with Gasteiger partial charge in [0.1, 0.15) is 6.04 Å². The quantitative estimate of drug-likeness (QED) is 0.877. The Morgan fingerprint density at radius 3 is 2.86 bits per heavy atom. The van der Waals surface area contributed by atoms with Gasteiger partial charge in [-0.05, 0) is 31.9 Å². The Morgan fingerprint density at radius 2 is 2.14 bits per heavy atom. The van der Waals surface area contributed by atoms with Gasteiger partial charge in [0.25, 0.3) is 0 Å². The first-order valence-corrected chi connectivity index (χ1v) is 7.40. The highest BCUT2D eigenvalue weighted by Crippen LogP contribution is 2.24. The molecule has 2 atom stereocenters. The van der Waals surface area contributed by atoms with Gasteiger partial charge in [0.15, 0.2) is 0 Å². The third kappa shape index (κ3) is 3.54. The highest BCUT2D eigenvalue weighted by molar-refractivity contribution is 5.88. The molecular formula is C16H23N3O2. The number of amides is 2. The monoisotopic (exact) mass is 289 g/mol. The number of fused-ring (bicyclic) bond motifs is 1. The first-order valence-electron chi connectivity index (χ1n) is 7.40. The van der Waals surface area contributed by atoms with Gasteiger partial charge in [-0.25, -0.2) is 0 Å². The van der Waals surface area contributed by atoms with Gasteiger partial charge in [-0.3, -0.25) is 9.59 Å². The summed E-state index contributed by atoms with van der Waals surface area (Å²) in [5.74, 6) is -0.264. The third-order valence-corrected chi connectivity index (χ3v) is 3.97. The molecule has 21 heavy (non-hydrogen) atoms. The fourth-order valence-electron chi connectivity index (χ4n) is 2.51. The smallest absolute Gasteiger partial charge is 0.244 e. The van der Waals surface area contributed by atoms with Crippen LogP contribution in [0.4, 0.5) is 5.69 Å². The maximum Gasteiger partial charge on any atom is 0.244 e. The number of anilines is 1. The van der Waals surface area contributed by atoms with Gasteiger partial charge in [-0.15, -0.1) is 0 Å². The molecule has 2 unspecified atom stereocenters. The highest BCUT2D eigenvalue weighted by Gasteiger charge is 2.27. The van der Waals surface area contributed by atoms with Gasteiger partial charge in [-0.2, -0.15) is 0 Å². The average molecular weight is 289 g/mol. The van der Waals surface area contributed by atoms with Crippen molar-refractivity contribution in [3.63, 3.8) is 0 Å². The number of carbonyl (C=O) groups excluding carboxylic acids is 2. The van der Waals surface area contributed by atoms with E-state index in [9.17, 15) is 9.59 Å². The molecule has 2 amide bonds. The normalized spacial score (nSPS) is 18.1. The van der Waals surface area contributed by atoms with Crippen molar-refractivity contribution in [3.8, 4) is 0 Å². The van der Waals surface area contributed by atoms with Gasteiger partial charge in [0, 0.05) is 25.8 Å². The van der Waals surface area contributed by atoms with Crippen LogP contribution in [-0.2, 0) is 16.0 Å². The lowest BCUT2D eigenvalue weighted by Crippen LogP contribution is -2.49. The van der Waals surface area contributed by atoms with Crippen molar-refractivity contribution >= 4 is 17.5 Å². The van der Waals surface area contributed by atoms with E-state index >= 15 is 0 Å². The molecular weight excluding hydrogens is 266 g/mol. The highest BCUT2D eigenvalue weighted by atomic mass is 16.2. The zero-order valence-electron chi connectivity index (χ0n) is 12.8. The van der Waals surface area contributed by atoms with E-state index in [1.807, 2.05) is 31.2 Å². The molecule has 1 aromatic carbocycles. The number of hydrogen-bond acceptors (Lipinski definition) is 3. The number of rotatable bonds is 4. The van der Waals surface area contributed by atoms with Crippen LogP contribution < -0.4 is 10.6 Å². The summed E-state index contributed by atoms with van der Waals surface area (Å²) in [6, 6.07) is 7.52. The molecule has 0 aliphatic carbocycles. The van der Waals surface area contributed by atoms with Crippen molar-refractivity contribution < 1.29 is 9.59 Å². The molecule has 1 aliphatic heterocycles. The van der Waals surface area contributed by atoms with Crippen LogP contribution in [0.15, 0.2) is 24.3 Å². The Bertz CT molecular complexity index is 530. The number of nitrogens with zero attached hydrogens (tertiary/aromatic N) is 1. The van der Waals surface area contributed by atoms with Crippen LogP contribution in [0.25, 0.3) is 0 Å².